The highest BCUT2D eigenvalue weighted by Gasteiger charge is 2.27. The Kier molecular flexibility index (Phi) is 2.30. The maximum Gasteiger partial charge on any atom is 0.122 e. The van der Waals surface area contributed by atoms with Crippen molar-refractivity contribution >= 4 is 11.8 Å². The molecule has 0 aliphatic carbocycles. The van der Waals surface area contributed by atoms with E-state index in [1.165, 1.54) is 10.5 Å². The summed E-state index contributed by atoms with van der Waals surface area (Å²) < 4.78 is 0. The van der Waals surface area contributed by atoms with E-state index in [1.54, 1.807) is 11.8 Å². The summed E-state index contributed by atoms with van der Waals surface area (Å²) in [5, 5.41) is 9.56. The van der Waals surface area contributed by atoms with E-state index in [0.717, 1.165) is 5.75 Å². The molecule has 0 bridgehead atoms. The van der Waals surface area contributed by atoms with Crippen LogP contribution in [0.25, 0.3) is 0 Å². The highest BCUT2D eigenvalue weighted by molar-refractivity contribution is 7.99. The zero-order valence-electron chi connectivity index (χ0n) is 7.10. The van der Waals surface area contributed by atoms with E-state index >= 15 is 0 Å². The maximum atomic E-state index is 9.56. The molecule has 1 aromatic rings. The topological polar surface area (TPSA) is 20.2 Å². The number of rotatable bonds is 1. The first-order chi connectivity index (χ1) is 6.33. The number of aliphatic hydroxyl groups excluding tert-OH is 1. The Morgan fingerprint density at radius 2 is 2.31 bits per heavy atom. The summed E-state index contributed by atoms with van der Waals surface area (Å²) in [4.78, 5) is 1.25. The molecule has 1 nitrogen and oxygen atoms in total. The second-order valence-corrected chi connectivity index (χ2v) is 4.13. The van der Waals surface area contributed by atoms with E-state index < -0.39 is 6.10 Å². The van der Waals surface area contributed by atoms with Gasteiger partial charge in [0.1, 0.15) is 6.10 Å². The third-order valence-electron chi connectivity index (χ3n) is 2.29. The molecule has 1 aliphatic rings. The molecule has 0 spiro atoms. The van der Waals surface area contributed by atoms with Gasteiger partial charge in [0.05, 0.1) is 0 Å². The van der Waals surface area contributed by atoms with Crippen molar-refractivity contribution in [2.75, 3.05) is 5.75 Å². The Balaban J connectivity index is 2.34. The molecule has 1 aromatic carbocycles. The quantitative estimate of drug-likeness (QED) is 0.682. The number of hydrogen-bond donors (Lipinski definition) is 1. The van der Waals surface area contributed by atoms with Gasteiger partial charge in [-0.2, -0.15) is 0 Å². The van der Waals surface area contributed by atoms with E-state index in [2.05, 4.69) is 12.0 Å². The van der Waals surface area contributed by atoms with Crippen molar-refractivity contribution in [3.05, 3.63) is 29.8 Å². The molecule has 1 N–H and O–H groups in total. The fraction of sp³-hybridized carbons (Fsp3) is 0.273. The van der Waals surface area contributed by atoms with Gasteiger partial charge in [-0.05, 0) is 11.6 Å². The zero-order valence-corrected chi connectivity index (χ0v) is 7.92. The predicted octanol–water partition coefficient (Wildman–Crippen LogP) is 1.87. The standard InChI is InChI=1S/C11H10OS/c1-2-10(12)9-7-13-11-6-4-3-5-8(9)11/h1,3-6,9-10,12H,7H2. The van der Waals surface area contributed by atoms with E-state index in [1.807, 2.05) is 18.2 Å². The van der Waals surface area contributed by atoms with Gasteiger partial charge in [-0.15, -0.1) is 18.2 Å². The second-order valence-electron chi connectivity index (χ2n) is 3.07. The van der Waals surface area contributed by atoms with Crippen molar-refractivity contribution in [2.45, 2.75) is 16.9 Å². The SMILES string of the molecule is C#CC(O)C1CSc2ccccc21. The fourth-order valence-electron chi connectivity index (χ4n) is 1.57. The summed E-state index contributed by atoms with van der Waals surface area (Å²) >= 11 is 1.76. The summed E-state index contributed by atoms with van der Waals surface area (Å²) in [7, 11) is 0. The molecular weight excluding hydrogens is 180 g/mol. The van der Waals surface area contributed by atoms with Gasteiger partial charge >= 0.3 is 0 Å². The van der Waals surface area contributed by atoms with Gasteiger partial charge < -0.3 is 5.11 Å². The summed E-state index contributed by atoms with van der Waals surface area (Å²) in [6.07, 6.45) is 4.56. The summed E-state index contributed by atoms with van der Waals surface area (Å²) in [5.74, 6) is 3.40. The van der Waals surface area contributed by atoms with E-state index in [9.17, 15) is 5.11 Å². The Labute approximate surface area is 82.2 Å². The van der Waals surface area contributed by atoms with E-state index in [0.29, 0.717) is 0 Å². The molecule has 66 valence electrons. The molecule has 2 rings (SSSR count). The lowest BCUT2D eigenvalue weighted by Gasteiger charge is -2.12. The first kappa shape index (κ1) is 8.68. The molecule has 0 amide bonds. The number of thioether (sulfide) groups is 1. The molecule has 2 atom stereocenters. The molecule has 0 saturated heterocycles. The molecule has 2 unspecified atom stereocenters. The van der Waals surface area contributed by atoms with Crippen LogP contribution < -0.4 is 0 Å². The third kappa shape index (κ3) is 1.46. The molecule has 0 saturated carbocycles. The largest absolute Gasteiger partial charge is 0.380 e. The van der Waals surface area contributed by atoms with Crippen LogP contribution in [0.5, 0.6) is 0 Å². The van der Waals surface area contributed by atoms with E-state index in [-0.39, 0.29) is 5.92 Å². The summed E-state index contributed by atoms with van der Waals surface area (Å²) in [5.41, 5.74) is 1.19. The van der Waals surface area contributed by atoms with Crippen LogP contribution in [0, 0.1) is 12.3 Å². The first-order valence-electron chi connectivity index (χ1n) is 4.19. The van der Waals surface area contributed by atoms with Crippen LogP contribution in [0.3, 0.4) is 0 Å². The molecule has 1 aliphatic heterocycles. The highest BCUT2D eigenvalue weighted by atomic mass is 32.2. The normalized spacial score (nSPS) is 22.0. The van der Waals surface area contributed by atoms with E-state index in [4.69, 9.17) is 6.42 Å². The van der Waals surface area contributed by atoms with Gasteiger partial charge in [-0.25, -0.2) is 0 Å². The minimum absolute atomic E-state index is 0.117. The maximum absolute atomic E-state index is 9.56. The van der Waals surface area contributed by atoms with Gasteiger partial charge in [0, 0.05) is 16.6 Å². The smallest absolute Gasteiger partial charge is 0.122 e. The van der Waals surface area contributed by atoms with Gasteiger partial charge in [0.25, 0.3) is 0 Å². The van der Waals surface area contributed by atoms with Crippen LogP contribution in [0.2, 0.25) is 0 Å². The van der Waals surface area contributed by atoms with Crippen LogP contribution in [0.1, 0.15) is 11.5 Å². The van der Waals surface area contributed by atoms with Crippen molar-refractivity contribution in [1.82, 2.24) is 0 Å². The minimum Gasteiger partial charge on any atom is -0.380 e. The molecule has 13 heavy (non-hydrogen) atoms. The lowest BCUT2D eigenvalue weighted by atomic mass is 9.96. The zero-order chi connectivity index (χ0) is 9.26. The Morgan fingerprint density at radius 3 is 3.08 bits per heavy atom. The predicted molar refractivity (Wildman–Crippen MR) is 54.7 cm³/mol. The Hall–Kier alpha value is -0.910. The number of terminal acetylenes is 1. The number of benzene rings is 1. The van der Waals surface area contributed by atoms with Gasteiger partial charge in [-0.1, -0.05) is 24.1 Å². The summed E-state index contributed by atoms with van der Waals surface area (Å²) in [6.45, 7) is 0. The molecule has 0 radical (unpaired) electrons. The average molecular weight is 190 g/mol. The van der Waals surface area contributed by atoms with Crippen LogP contribution in [-0.4, -0.2) is 17.0 Å². The number of fused-ring (bicyclic) bond motifs is 1. The van der Waals surface area contributed by atoms with Crippen LogP contribution in [0.4, 0.5) is 0 Å². The lowest BCUT2D eigenvalue weighted by molar-refractivity contribution is 0.208. The van der Waals surface area contributed by atoms with Crippen molar-refractivity contribution in [3.8, 4) is 12.3 Å². The second kappa shape index (κ2) is 3.45. The summed E-state index contributed by atoms with van der Waals surface area (Å²) in [6, 6.07) is 8.11. The monoisotopic (exact) mass is 190 g/mol. The minimum atomic E-state index is -0.642. The Morgan fingerprint density at radius 1 is 1.54 bits per heavy atom. The number of hydrogen-bond acceptors (Lipinski definition) is 2. The molecular formula is C11H10OS. The number of aliphatic hydroxyl groups is 1. The average Bonchev–Trinajstić information content (AvgIpc) is 2.60. The lowest BCUT2D eigenvalue weighted by Crippen LogP contribution is -2.15. The highest BCUT2D eigenvalue weighted by Crippen LogP contribution is 2.40. The van der Waals surface area contributed by atoms with Gasteiger partial charge in [-0.3, -0.25) is 0 Å². The van der Waals surface area contributed by atoms with Crippen LogP contribution in [0.15, 0.2) is 29.2 Å². The van der Waals surface area contributed by atoms with Crippen molar-refractivity contribution < 1.29 is 5.11 Å². The molecule has 0 aromatic heterocycles. The first-order valence-corrected chi connectivity index (χ1v) is 5.17. The molecule has 1 heterocycles. The van der Waals surface area contributed by atoms with Crippen molar-refractivity contribution in [1.29, 1.82) is 0 Å². The van der Waals surface area contributed by atoms with Gasteiger partial charge in [0.2, 0.25) is 0 Å². The van der Waals surface area contributed by atoms with Crippen LogP contribution in [-0.2, 0) is 0 Å². The molecule has 0 fully saturated rings. The van der Waals surface area contributed by atoms with Gasteiger partial charge in [0.15, 0.2) is 0 Å². The van der Waals surface area contributed by atoms with Crippen molar-refractivity contribution in [3.63, 3.8) is 0 Å². The third-order valence-corrected chi connectivity index (χ3v) is 3.50. The Bertz CT molecular complexity index is 353. The fourth-order valence-corrected chi connectivity index (χ4v) is 2.85. The molecule has 2 heteroatoms. The van der Waals surface area contributed by atoms with Crippen LogP contribution >= 0.6 is 11.8 Å². The van der Waals surface area contributed by atoms with Crippen molar-refractivity contribution in [2.24, 2.45) is 0 Å².